The predicted molar refractivity (Wildman–Crippen MR) is 72.4 cm³/mol. The van der Waals surface area contributed by atoms with Gasteiger partial charge in [0.2, 0.25) is 0 Å². The molecular formula is C14H12O4S. The highest BCUT2D eigenvalue weighted by atomic mass is 32.1. The van der Waals surface area contributed by atoms with Crippen molar-refractivity contribution in [2.75, 3.05) is 0 Å². The summed E-state index contributed by atoms with van der Waals surface area (Å²) in [5.74, 6) is -2.74. The van der Waals surface area contributed by atoms with Crippen LogP contribution in [0.15, 0.2) is 41.8 Å². The molecule has 5 heteroatoms. The quantitative estimate of drug-likeness (QED) is 0.842. The molecule has 0 aliphatic rings. The van der Waals surface area contributed by atoms with Gasteiger partial charge in [-0.25, -0.2) is 0 Å². The van der Waals surface area contributed by atoms with Crippen LogP contribution in [0.5, 0.6) is 0 Å². The first kappa shape index (κ1) is 13.3. The lowest BCUT2D eigenvalue weighted by Gasteiger charge is -2.22. The van der Waals surface area contributed by atoms with Gasteiger partial charge < -0.3 is 10.2 Å². The highest BCUT2D eigenvalue weighted by Crippen LogP contribution is 2.36. The molecule has 0 saturated heterocycles. The van der Waals surface area contributed by atoms with E-state index in [2.05, 4.69) is 0 Å². The van der Waals surface area contributed by atoms with Crippen LogP contribution < -0.4 is 0 Å². The van der Waals surface area contributed by atoms with Crippen LogP contribution in [-0.4, -0.2) is 22.2 Å². The zero-order valence-electron chi connectivity index (χ0n) is 10.2. The average molecular weight is 276 g/mol. The summed E-state index contributed by atoms with van der Waals surface area (Å²) in [5, 5.41) is 20.5. The molecular weight excluding hydrogens is 264 g/mol. The van der Waals surface area contributed by atoms with Gasteiger partial charge in [-0.1, -0.05) is 30.3 Å². The Kier molecular flexibility index (Phi) is 3.40. The molecule has 98 valence electrons. The smallest absolute Gasteiger partial charge is 0.325 e. The van der Waals surface area contributed by atoms with E-state index in [1.807, 2.05) is 17.5 Å². The van der Waals surface area contributed by atoms with E-state index in [0.29, 0.717) is 5.56 Å². The maximum absolute atomic E-state index is 11.4. The molecule has 1 heterocycles. The SMILES string of the molecule is CC(C(=O)O)(C(=O)O)c1ccccc1-c1cccs1. The first-order valence-electron chi connectivity index (χ1n) is 5.58. The Bertz CT molecular complexity index is 602. The van der Waals surface area contributed by atoms with Gasteiger partial charge in [0.25, 0.3) is 0 Å². The predicted octanol–water partition coefficient (Wildman–Crippen LogP) is 2.84. The van der Waals surface area contributed by atoms with E-state index in [1.165, 1.54) is 18.3 Å². The molecule has 1 aromatic carbocycles. The third-order valence-electron chi connectivity index (χ3n) is 3.11. The highest BCUT2D eigenvalue weighted by Gasteiger charge is 2.45. The van der Waals surface area contributed by atoms with Crippen molar-refractivity contribution in [3.63, 3.8) is 0 Å². The number of carboxylic acids is 2. The number of carboxylic acid groups (broad SMARTS) is 2. The fourth-order valence-corrected chi connectivity index (χ4v) is 2.65. The summed E-state index contributed by atoms with van der Waals surface area (Å²) in [7, 11) is 0. The molecule has 0 atom stereocenters. The first-order chi connectivity index (χ1) is 8.98. The van der Waals surface area contributed by atoms with Gasteiger partial charge in [-0.3, -0.25) is 9.59 Å². The number of benzene rings is 1. The summed E-state index contributed by atoms with van der Waals surface area (Å²) >= 11 is 1.44. The molecule has 4 nitrogen and oxygen atoms in total. The molecule has 0 fully saturated rings. The van der Waals surface area contributed by atoms with E-state index in [-0.39, 0.29) is 5.56 Å². The zero-order chi connectivity index (χ0) is 14.0. The van der Waals surface area contributed by atoms with Crippen LogP contribution in [0.3, 0.4) is 0 Å². The van der Waals surface area contributed by atoms with E-state index >= 15 is 0 Å². The van der Waals surface area contributed by atoms with Crippen LogP contribution in [0.2, 0.25) is 0 Å². The molecule has 2 N–H and O–H groups in total. The highest BCUT2D eigenvalue weighted by molar-refractivity contribution is 7.13. The Morgan fingerprint density at radius 1 is 1.05 bits per heavy atom. The van der Waals surface area contributed by atoms with Gasteiger partial charge >= 0.3 is 11.9 Å². The van der Waals surface area contributed by atoms with Gasteiger partial charge in [-0.2, -0.15) is 0 Å². The van der Waals surface area contributed by atoms with E-state index < -0.39 is 17.4 Å². The summed E-state index contributed by atoms with van der Waals surface area (Å²) in [6, 6.07) is 10.4. The first-order valence-corrected chi connectivity index (χ1v) is 6.46. The molecule has 0 amide bonds. The third-order valence-corrected chi connectivity index (χ3v) is 4.01. The van der Waals surface area contributed by atoms with Crippen molar-refractivity contribution in [1.29, 1.82) is 0 Å². The van der Waals surface area contributed by atoms with E-state index in [4.69, 9.17) is 0 Å². The van der Waals surface area contributed by atoms with Crippen molar-refractivity contribution in [2.24, 2.45) is 0 Å². The monoisotopic (exact) mass is 276 g/mol. The van der Waals surface area contributed by atoms with Gasteiger partial charge in [0, 0.05) is 4.88 Å². The molecule has 2 rings (SSSR count). The maximum atomic E-state index is 11.4. The van der Waals surface area contributed by atoms with E-state index in [9.17, 15) is 19.8 Å². The van der Waals surface area contributed by atoms with Crippen molar-refractivity contribution in [3.8, 4) is 10.4 Å². The summed E-state index contributed by atoms with van der Waals surface area (Å²) in [6.07, 6.45) is 0. The van der Waals surface area contributed by atoms with Gasteiger partial charge in [0.15, 0.2) is 5.41 Å². The van der Waals surface area contributed by atoms with Gasteiger partial charge in [-0.15, -0.1) is 11.3 Å². The lowest BCUT2D eigenvalue weighted by molar-refractivity contribution is -0.156. The fourth-order valence-electron chi connectivity index (χ4n) is 1.89. The molecule has 0 spiro atoms. The number of aliphatic carboxylic acids is 2. The maximum Gasteiger partial charge on any atom is 0.325 e. The molecule has 0 saturated carbocycles. The second-order valence-corrected chi connectivity index (χ2v) is 5.21. The minimum Gasteiger partial charge on any atom is -0.480 e. The van der Waals surface area contributed by atoms with Gasteiger partial charge in [0.1, 0.15) is 0 Å². The van der Waals surface area contributed by atoms with Crippen LogP contribution in [0.1, 0.15) is 12.5 Å². The van der Waals surface area contributed by atoms with Crippen LogP contribution in [0.4, 0.5) is 0 Å². The second kappa shape index (κ2) is 4.85. The Labute approximate surface area is 114 Å². The second-order valence-electron chi connectivity index (χ2n) is 4.26. The Morgan fingerprint density at radius 3 is 2.21 bits per heavy atom. The Hall–Kier alpha value is -2.14. The Balaban J connectivity index is 2.69. The molecule has 0 bridgehead atoms. The molecule has 19 heavy (non-hydrogen) atoms. The van der Waals surface area contributed by atoms with Crippen LogP contribution in [0, 0.1) is 0 Å². The van der Waals surface area contributed by atoms with E-state index in [0.717, 1.165) is 4.88 Å². The largest absolute Gasteiger partial charge is 0.480 e. The summed E-state index contributed by atoms with van der Waals surface area (Å²) in [6.45, 7) is 1.21. The molecule has 0 aliphatic carbocycles. The summed E-state index contributed by atoms with van der Waals surface area (Å²) < 4.78 is 0. The van der Waals surface area contributed by atoms with Crippen molar-refractivity contribution < 1.29 is 19.8 Å². The standard InChI is InChI=1S/C14H12O4S/c1-14(12(15)16,13(17)18)10-6-3-2-5-9(10)11-7-4-8-19-11/h2-8H,1H3,(H,15,16)(H,17,18). The van der Waals surface area contributed by atoms with Crippen LogP contribution in [-0.2, 0) is 15.0 Å². The zero-order valence-corrected chi connectivity index (χ0v) is 11.0. The third kappa shape index (κ3) is 2.13. The van der Waals surface area contributed by atoms with Crippen molar-refractivity contribution in [3.05, 3.63) is 47.3 Å². The molecule has 0 unspecified atom stereocenters. The van der Waals surface area contributed by atoms with Crippen LogP contribution >= 0.6 is 11.3 Å². The van der Waals surface area contributed by atoms with Gasteiger partial charge in [0.05, 0.1) is 0 Å². The minimum absolute atomic E-state index is 0.289. The minimum atomic E-state index is -1.96. The molecule has 2 aromatic rings. The summed E-state index contributed by atoms with van der Waals surface area (Å²) in [5.41, 5.74) is -1.03. The number of carbonyl (C=O) groups is 2. The normalized spacial score (nSPS) is 11.2. The average Bonchev–Trinajstić information content (AvgIpc) is 2.91. The lowest BCUT2D eigenvalue weighted by atomic mass is 9.79. The molecule has 0 radical (unpaired) electrons. The lowest BCUT2D eigenvalue weighted by Crippen LogP contribution is -2.41. The van der Waals surface area contributed by atoms with Crippen molar-refractivity contribution in [2.45, 2.75) is 12.3 Å². The fraction of sp³-hybridized carbons (Fsp3) is 0.143. The van der Waals surface area contributed by atoms with Crippen molar-refractivity contribution in [1.82, 2.24) is 0 Å². The molecule has 0 aliphatic heterocycles. The number of rotatable bonds is 4. The number of thiophene rings is 1. The topological polar surface area (TPSA) is 74.6 Å². The van der Waals surface area contributed by atoms with Crippen LogP contribution in [0.25, 0.3) is 10.4 Å². The molecule has 1 aromatic heterocycles. The van der Waals surface area contributed by atoms with E-state index in [1.54, 1.807) is 24.3 Å². The Morgan fingerprint density at radius 2 is 1.68 bits per heavy atom. The number of hydrogen-bond donors (Lipinski definition) is 2. The van der Waals surface area contributed by atoms with Crippen molar-refractivity contribution >= 4 is 23.3 Å². The van der Waals surface area contributed by atoms with Gasteiger partial charge in [-0.05, 0) is 29.5 Å². The summed E-state index contributed by atoms with van der Waals surface area (Å²) in [4.78, 5) is 23.7. The number of hydrogen-bond acceptors (Lipinski definition) is 3.